The summed E-state index contributed by atoms with van der Waals surface area (Å²) in [7, 11) is 1.70. The number of methoxy groups -OCH3 is 1. The fourth-order valence-corrected chi connectivity index (χ4v) is 1.10. The van der Waals surface area contributed by atoms with Gasteiger partial charge < -0.3 is 9.30 Å². The first kappa shape index (κ1) is 9.92. The summed E-state index contributed by atoms with van der Waals surface area (Å²) in [5.74, 6) is 0. The molecule has 0 aliphatic rings. The molecule has 1 rings (SSSR count). The van der Waals surface area contributed by atoms with Crippen LogP contribution in [-0.2, 0) is 11.3 Å². The SMILES string of the molecule is COCCCCn1cnc(C=O)c1. The van der Waals surface area contributed by atoms with Crippen molar-refractivity contribution < 1.29 is 9.53 Å². The lowest BCUT2D eigenvalue weighted by atomic mass is 10.3. The van der Waals surface area contributed by atoms with Gasteiger partial charge in [0.1, 0.15) is 5.69 Å². The van der Waals surface area contributed by atoms with E-state index in [0.29, 0.717) is 5.69 Å². The van der Waals surface area contributed by atoms with E-state index in [9.17, 15) is 4.79 Å². The highest BCUT2D eigenvalue weighted by molar-refractivity contribution is 5.70. The first-order valence-electron chi connectivity index (χ1n) is 4.32. The highest BCUT2D eigenvalue weighted by atomic mass is 16.5. The molecule has 1 aromatic rings. The normalized spacial score (nSPS) is 10.2. The van der Waals surface area contributed by atoms with Crippen LogP contribution in [0.5, 0.6) is 0 Å². The third-order valence-corrected chi connectivity index (χ3v) is 1.79. The molecule has 1 aromatic heterocycles. The van der Waals surface area contributed by atoms with Crippen LogP contribution in [0.15, 0.2) is 12.5 Å². The average Bonchev–Trinajstić information content (AvgIpc) is 2.60. The molecular weight excluding hydrogens is 168 g/mol. The van der Waals surface area contributed by atoms with Gasteiger partial charge in [0, 0.05) is 26.5 Å². The maximum Gasteiger partial charge on any atom is 0.169 e. The first-order valence-corrected chi connectivity index (χ1v) is 4.32. The van der Waals surface area contributed by atoms with E-state index in [2.05, 4.69) is 4.98 Å². The zero-order chi connectivity index (χ0) is 9.52. The van der Waals surface area contributed by atoms with E-state index in [4.69, 9.17) is 4.74 Å². The lowest BCUT2D eigenvalue weighted by Gasteiger charge is -2.00. The van der Waals surface area contributed by atoms with Gasteiger partial charge in [-0.2, -0.15) is 0 Å². The van der Waals surface area contributed by atoms with Crippen LogP contribution in [0.25, 0.3) is 0 Å². The number of aromatic nitrogens is 2. The monoisotopic (exact) mass is 182 g/mol. The molecule has 1 heterocycles. The predicted molar refractivity (Wildman–Crippen MR) is 48.7 cm³/mol. The third kappa shape index (κ3) is 3.38. The van der Waals surface area contributed by atoms with Gasteiger partial charge in [-0.15, -0.1) is 0 Å². The number of hydrogen-bond donors (Lipinski definition) is 0. The van der Waals surface area contributed by atoms with Crippen LogP contribution in [0.2, 0.25) is 0 Å². The first-order chi connectivity index (χ1) is 6.36. The number of hydrogen-bond acceptors (Lipinski definition) is 3. The van der Waals surface area contributed by atoms with E-state index in [-0.39, 0.29) is 0 Å². The number of unbranched alkanes of at least 4 members (excludes halogenated alkanes) is 1. The number of carbonyl (C=O) groups excluding carboxylic acids is 1. The second-order valence-corrected chi connectivity index (χ2v) is 2.85. The summed E-state index contributed by atoms with van der Waals surface area (Å²) >= 11 is 0. The van der Waals surface area contributed by atoms with E-state index < -0.39 is 0 Å². The Kier molecular flexibility index (Phi) is 4.18. The highest BCUT2D eigenvalue weighted by Gasteiger charge is 1.95. The van der Waals surface area contributed by atoms with Crippen LogP contribution >= 0.6 is 0 Å². The molecule has 0 aromatic carbocycles. The topological polar surface area (TPSA) is 44.1 Å². The molecule has 4 nitrogen and oxygen atoms in total. The zero-order valence-corrected chi connectivity index (χ0v) is 7.77. The van der Waals surface area contributed by atoms with Gasteiger partial charge in [-0.3, -0.25) is 4.79 Å². The molecule has 0 aliphatic heterocycles. The van der Waals surface area contributed by atoms with Crippen molar-refractivity contribution in [2.75, 3.05) is 13.7 Å². The van der Waals surface area contributed by atoms with Crippen molar-refractivity contribution in [3.05, 3.63) is 18.2 Å². The average molecular weight is 182 g/mol. The maximum absolute atomic E-state index is 10.3. The Labute approximate surface area is 77.5 Å². The Bertz CT molecular complexity index is 258. The number of imidazole rings is 1. The lowest BCUT2D eigenvalue weighted by Crippen LogP contribution is -1.96. The minimum atomic E-state index is 0.492. The summed E-state index contributed by atoms with van der Waals surface area (Å²) in [5, 5.41) is 0. The molecule has 0 radical (unpaired) electrons. The summed E-state index contributed by atoms with van der Waals surface area (Å²) in [6.45, 7) is 1.68. The fraction of sp³-hybridized carbons (Fsp3) is 0.556. The van der Waals surface area contributed by atoms with E-state index in [1.165, 1.54) is 0 Å². The van der Waals surface area contributed by atoms with Crippen molar-refractivity contribution in [3.63, 3.8) is 0 Å². The number of aldehydes is 1. The third-order valence-electron chi connectivity index (χ3n) is 1.79. The van der Waals surface area contributed by atoms with Gasteiger partial charge in [-0.1, -0.05) is 0 Å². The van der Waals surface area contributed by atoms with Crippen LogP contribution in [0.4, 0.5) is 0 Å². The quantitative estimate of drug-likeness (QED) is 0.489. The molecule has 0 bridgehead atoms. The molecule has 0 spiro atoms. The van der Waals surface area contributed by atoms with Crippen LogP contribution in [0, 0.1) is 0 Å². The van der Waals surface area contributed by atoms with E-state index in [1.807, 2.05) is 4.57 Å². The number of rotatable bonds is 6. The highest BCUT2D eigenvalue weighted by Crippen LogP contribution is 1.97. The molecule has 0 saturated carbocycles. The van der Waals surface area contributed by atoms with Crippen LogP contribution in [0.1, 0.15) is 23.3 Å². The molecule has 0 atom stereocenters. The minimum absolute atomic E-state index is 0.492. The summed E-state index contributed by atoms with van der Waals surface area (Å²) in [6, 6.07) is 0. The summed E-state index contributed by atoms with van der Waals surface area (Å²) in [4.78, 5) is 14.2. The van der Waals surface area contributed by atoms with Gasteiger partial charge >= 0.3 is 0 Å². The molecule has 0 N–H and O–H groups in total. The molecule has 0 amide bonds. The molecule has 0 aliphatic carbocycles. The van der Waals surface area contributed by atoms with Crippen LogP contribution < -0.4 is 0 Å². The van der Waals surface area contributed by atoms with Crippen molar-refractivity contribution in [1.29, 1.82) is 0 Å². The van der Waals surface area contributed by atoms with Crippen molar-refractivity contribution in [2.24, 2.45) is 0 Å². The standard InChI is InChI=1S/C9H14N2O2/c1-13-5-3-2-4-11-6-9(7-12)10-8-11/h6-8H,2-5H2,1H3. The molecular formula is C9H14N2O2. The van der Waals surface area contributed by atoms with Gasteiger partial charge in [-0.05, 0) is 12.8 Å². The number of nitrogens with zero attached hydrogens (tertiary/aromatic N) is 2. The summed E-state index contributed by atoms with van der Waals surface area (Å²) in [6.07, 6.45) is 6.26. The largest absolute Gasteiger partial charge is 0.385 e. The van der Waals surface area contributed by atoms with Crippen LogP contribution in [0.3, 0.4) is 0 Å². The second-order valence-electron chi connectivity index (χ2n) is 2.85. The minimum Gasteiger partial charge on any atom is -0.385 e. The maximum atomic E-state index is 10.3. The lowest BCUT2D eigenvalue weighted by molar-refractivity contribution is 0.111. The smallest absolute Gasteiger partial charge is 0.169 e. The Morgan fingerprint density at radius 1 is 1.62 bits per heavy atom. The Balaban J connectivity index is 2.24. The Morgan fingerprint density at radius 2 is 2.46 bits per heavy atom. The van der Waals surface area contributed by atoms with Gasteiger partial charge in [-0.25, -0.2) is 4.98 Å². The van der Waals surface area contributed by atoms with Crippen molar-refractivity contribution in [3.8, 4) is 0 Å². The molecule has 0 unspecified atom stereocenters. The van der Waals surface area contributed by atoms with Gasteiger partial charge in [0.25, 0.3) is 0 Å². The van der Waals surface area contributed by atoms with E-state index >= 15 is 0 Å². The van der Waals surface area contributed by atoms with Gasteiger partial charge in [0.2, 0.25) is 0 Å². The second kappa shape index (κ2) is 5.48. The van der Waals surface area contributed by atoms with E-state index in [1.54, 1.807) is 19.6 Å². The van der Waals surface area contributed by atoms with Crippen LogP contribution in [-0.4, -0.2) is 29.6 Å². The summed E-state index contributed by atoms with van der Waals surface area (Å²) in [5.41, 5.74) is 0.492. The fourth-order valence-electron chi connectivity index (χ4n) is 1.10. The van der Waals surface area contributed by atoms with Crippen molar-refractivity contribution >= 4 is 6.29 Å². The van der Waals surface area contributed by atoms with Crippen molar-refractivity contribution in [2.45, 2.75) is 19.4 Å². The number of aryl methyl sites for hydroxylation is 1. The number of ether oxygens (including phenoxy) is 1. The molecule has 72 valence electrons. The molecule has 4 heteroatoms. The van der Waals surface area contributed by atoms with Gasteiger partial charge in [0.05, 0.1) is 6.33 Å². The summed E-state index contributed by atoms with van der Waals surface area (Å²) < 4.78 is 6.84. The Morgan fingerprint density at radius 3 is 3.08 bits per heavy atom. The van der Waals surface area contributed by atoms with E-state index in [0.717, 1.165) is 32.3 Å². The predicted octanol–water partition coefficient (Wildman–Crippen LogP) is 1.12. The zero-order valence-electron chi connectivity index (χ0n) is 7.77. The number of carbonyl (C=O) groups is 1. The van der Waals surface area contributed by atoms with Crippen molar-refractivity contribution in [1.82, 2.24) is 9.55 Å². The molecule has 0 fully saturated rings. The molecule has 13 heavy (non-hydrogen) atoms. The molecule has 0 saturated heterocycles. The van der Waals surface area contributed by atoms with Gasteiger partial charge in [0.15, 0.2) is 6.29 Å². The Hall–Kier alpha value is -1.16.